The molecule has 0 aromatic carbocycles. The van der Waals surface area contributed by atoms with Gasteiger partial charge in [-0.05, 0) is 31.6 Å². The number of hydrogen-bond donors (Lipinski definition) is 0. The lowest BCUT2D eigenvalue weighted by Crippen LogP contribution is -2.14. The minimum absolute atomic E-state index is 0.00844. The zero-order chi connectivity index (χ0) is 17.9. The van der Waals surface area contributed by atoms with Gasteiger partial charge in [0.05, 0.1) is 6.61 Å². The third-order valence-electron chi connectivity index (χ3n) is 4.68. The predicted octanol–water partition coefficient (Wildman–Crippen LogP) is 7.43. The first-order valence-electron chi connectivity index (χ1n) is 10.5. The fourth-order valence-electron chi connectivity index (χ4n) is 3.03. The second-order valence-corrected chi connectivity index (χ2v) is 7.89. The number of carbonyl (C=O) groups excluding carboxylic acids is 1. The summed E-state index contributed by atoms with van der Waals surface area (Å²) >= 11 is 3.42. The Morgan fingerprint density at radius 3 is 1.92 bits per heavy atom. The van der Waals surface area contributed by atoms with Crippen LogP contribution in [0, 0.1) is 5.92 Å². The van der Waals surface area contributed by atoms with Crippen LogP contribution >= 0.6 is 15.9 Å². The van der Waals surface area contributed by atoms with Gasteiger partial charge in [0, 0.05) is 11.8 Å². The summed E-state index contributed by atoms with van der Waals surface area (Å²) in [5, 5.41) is 1.03. The number of ether oxygens (including phenoxy) is 1. The number of rotatable bonds is 18. The monoisotopic (exact) mass is 404 g/mol. The van der Waals surface area contributed by atoms with E-state index in [1.165, 1.54) is 70.6 Å². The standard InChI is InChI=1S/C21H41BrO2/c1-3-5-7-9-12-16-20(15-11-8-6-4-2)19-24-21(23)17-13-10-14-18-22/h20H,3-19H2,1-2H3. The minimum Gasteiger partial charge on any atom is -0.465 e. The Bertz CT molecular complexity index is 269. The summed E-state index contributed by atoms with van der Waals surface area (Å²) < 4.78 is 5.57. The molecule has 0 heterocycles. The first kappa shape index (κ1) is 23.9. The van der Waals surface area contributed by atoms with E-state index in [0.717, 1.165) is 24.6 Å². The fourth-order valence-corrected chi connectivity index (χ4v) is 3.43. The molecule has 0 aromatic heterocycles. The van der Waals surface area contributed by atoms with Crippen LogP contribution in [-0.2, 0) is 9.53 Å². The highest BCUT2D eigenvalue weighted by molar-refractivity contribution is 9.09. The lowest BCUT2D eigenvalue weighted by atomic mass is 9.95. The quantitative estimate of drug-likeness (QED) is 0.135. The minimum atomic E-state index is 0.00844. The van der Waals surface area contributed by atoms with Crippen molar-refractivity contribution in [3.05, 3.63) is 0 Å². The van der Waals surface area contributed by atoms with E-state index in [4.69, 9.17) is 4.74 Å². The molecule has 0 N–H and O–H groups in total. The Morgan fingerprint density at radius 1 is 0.792 bits per heavy atom. The lowest BCUT2D eigenvalue weighted by molar-refractivity contribution is -0.145. The SMILES string of the molecule is CCCCCCCC(CCCCCC)COC(=O)CCCCCBr. The zero-order valence-corrected chi connectivity index (χ0v) is 17.9. The molecule has 24 heavy (non-hydrogen) atoms. The van der Waals surface area contributed by atoms with E-state index < -0.39 is 0 Å². The highest BCUT2D eigenvalue weighted by Crippen LogP contribution is 2.19. The normalized spacial score (nSPS) is 12.3. The van der Waals surface area contributed by atoms with Crippen molar-refractivity contribution in [1.82, 2.24) is 0 Å². The van der Waals surface area contributed by atoms with Gasteiger partial charge in [-0.2, -0.15) is 0 Å². The van der Waals surface area contributed by atoms with Crippen molar-refractivity contribution < 1.29 is 9.53 Å². The summed E-state index contributed by atoms with van der Waals surface area (Å²) in [6.07, 6.45) is 18.1. The molecule has 1 unspecified atom stereocenters. The van der Waals surface area contributed by atoms with Crippen LogP contribution in [0.2, 0.25) is 0 Å². The average molecular weight is 405 g/mol. The van der Waals surface area contributed by atoms with E-state index in [1.54, 1.807) is 0 Å². The second-order valence-electron chi connectivity index (χ2n) is 7.10. The molecule has 0 aliphatic heterocycles. The highest BCUT2D eigenvalue weighted by Gasteiger charge is 2.12. The molecule has 0 rings (SSSR count). The van der Waals surface area contributed by atoms with E-state index >= 15 is 0 Å². The average Bonchev–Trinajstić information content (AvgIpc) is 2.59. The molecule has 0 fully saturated rings. The van der Waals surface area contributed by atoms with E-state index in [2.05, 4.69) is 29.8 Å². The topological polar surface area (TPSA) is 26.3 Å². The zero-order valence-electron chi connectivity index (χ0n) is 16.3. The lowest BCUT2D eigenvalue weighted by Gasteiger charge is -2.17. The van der Waals surface area contributed by atoms with E-state index in [0.29, 0.717) is 18.9 Å². The summed E-state index contributed by atoms with van der Waals surface area (Å²) in [4.78, 5) is 11.9. The fraction of sp³-hybridized carbons (Fsp3) is 0.952. The molecule has 0 aliphatic carbocycles. The Kier molecular flexibility index (Phi) is 19.2. The molecular formula is C21H41BrO2. The molecule has 0 saturated carbocycles. The van der Waals surface area contributed by atoms with Crippen LogP contribution in [0.25, 0.3) is 0 Å². The van der Waals surface area contributed by atoms with Gasteiger partial charge in [0.25, 0.3) is 0 Å². The van der Waals surface area contributed by atoms with Gasteiger partial charge in [0.1, 0.15) is 0 Å². The maximum atomic E-state index is 11.9. The van der Waals surface area contributed by atoms with Gasteiger partial charge in [-0.15, -0.1) is 0 Å². The van der Waals surface area contributed by atoms with Crippen molar-refractivity contribution in [2.45, 2.75) is 110 Å². The van der Waals surface area contributed by atoms with Crippen LogP contribution < -0.4 is 0 Å². The summed E-state index contributed by atoms with van der Waals surface area (Å²) in [5.74, 6) is 0.587. The van der Waals surface area contributed by atoms with E-state index in [9.17, 15) is 4.79 Å². The Labute approximate surface area is 159 Å². The van der Waals surface area contributed by atoms with Crippen molar-refractivity contribution in [2.24, 2.45) is 5.92 Å². The van der Waals surface area contributed by atoms with Gasteiger partial charge in [0.2, 0.25) is 0 Å². The van der Waals surface area contributed by atoms with Crippen LogP contribution in [-0.4, -0.2) is 17.9 Å². The van der Waals surface area contributed by atoms with Crippen LogP contribution in [0.5, 0.6) is 0 Å². The maximum absolute atomic E-state index is 11.9. The number of halogens is 1. The molecular weight excluding hydrogens is 364 g/mol. The van der Waals surface area contributed by atoms with Crippen molar-refractivity contribution in [3.8, 4) is 0 Å². The van der Waals surface area contributed by atoms with Gasteiger partial charge < -0.3 is 4.74 Å². The number of carbonyl (C=O) groups is 1. The second kappa shape index (κ2) is 19.3. The van der Waals surface area contributed by atoms with Gasteiger partial charge in [0.15, 0.2) is 0 Å². The smallest absolute Gasteiger partial charge is 0.305 e. The summed E-state index contributed by atoms with van der Waals surface area (Å²) in [5.41, 5.74) is 0. The van der Waals surface area contributed by atoms with Crippen molar-refractivity contribution in [3.63, 3.8) is 0 Å². The van der Waals surface area contributed by atoms with E-state index in [-0.39, 0.29) is 5.97 Å². The van der Waals surface area contributed by atoms with Gasteiger partial charge in [-0.3, -0.25) is 4.79 Å². The Morgan fingerprint density at radius 2 is 1.33 bits per heavy atom. The largest absolute Gasteiger partial charge is 0.465 e. The molecule has 0 amide bonds. The third kappa shape index (κ3) is 16.8. The summed E-state index contributed by atoms with van der Waals surface area (Å²) in [7, 11) is 0. The molecule has 0 bridgehead atoms. The van der Waals surface area contributed by atoms with Crippen LogP contribution in [0.15, 0.2) is 0 Å². The molecule has 3 heteroatoms. The summed E-state index contributed by atoms with van der Waals surface area (Å²) in [6, 6.07) is 0. The molecule has 144 valence electrons. The van der Waals surface area contributed by atoms with E-state index in [1.807, 2.05) is 0 Å². The molecule has 1 atom stereocenters. The van der Waals surface area contributed by atoms with Crippen LogP contribution in [0.3, 0.4) is 0 Å². The highest BCUT2D eigenvalue weighted by atomic mass is 79.9. The molecule has 0 radical (unpaired) electrons. The van der Waals surface area contributed by atoms with Crippen LogP contribution in [0.1, 0.15) is 110 Å². The number of hydrogen-bond acceptors (Lipinski definition) is 2. The predicted molar refractivity (Wildman–Crippen MR) is 109 cm³/mol. The van der Waals surface area contributed by atoms with Crippen LogP contribution in [0.4, 0.5) is 0 Å². The first-order valence-corrected chi connectivity index (χ1v) is 11.6. The number of alkyl halides is 1. The molecule has 0 saturated heterocycles. The molecule has 2 nitrogen and oxygen atoms in total. The molecule has 0 aliphatic rings. The maximum Gasteiger partial charge on any atom is 0.305 e. The van der Waals surface area contributed by atoms with Gasteiger partial charge in [-0.1, -0.05) is 94.0 Å². The van der Waals surface area contributed by atoms with Crippen molar-refractivity contribution >= 4 is 21.9 Å². The van der Waals surface area contributed by atoms with Gasteiger partial charge in [-0.25, -0.2) is 0 Å². The first-order chi connectivity index (χ1) is 11.7. The third-order valence-corrected chi connectivity index (χ3v) is 5.24. The summed E-state index contributed by atoms with van der Waals surface area (Å²) in [6.45, 7) is 5.16. The molecule has 0 aromatic rings. The number of esters is 1. The van der Waals surface area contributed by atoms with Gasteiger partial charge >= 0.3 is 5.97 Å². The molecule has 0 spiro atoms. The van der Waals surface area contributed by atoms with Crippen molar-refractivity contribution in [2.75, 3.05) is 11.9 Å². The Balaban J connectivity index is 3.91. The number of unbranched alkanes of at least 4 members (excludes halogenated alkanes) is 9. The van der Waals surface area contributed by atoms with Crippen molar-refractivity contribution in [1.29, 1.82) is 0 Å². The Hall–Kier alpha value is -0.0500.